The third kappa shape index (κ3) is 2.82. The second-order valence-electron chi connectivity index (χ2n) is 5.16. The average Bonchev–Trinajstić information content (AvgIpc) is 2.27. The standard InChI is InChI=1S/C14H22N2/c1-11-4-5-14(15-12(11)2)10-13-6-8-16(3)9-7-13/h4-5,13H,6-10H2,1-3H3. The van der Waals surface area contributed by atoms with Crippen LogP contribution in [-0.4, -0.2) is 30.0 Å². The van der Waals surface area contributed by atoms with Crippen LogP contribution in [0.2, 0.25) is 0 Å². The lowest BCUT2D eigenvalue weighted by molar-refractivity contribution is 0.218. The monoisotopic (exact) mass is 218 g/mol. The fraction of sp³-hybridized carbons (Fsp3) is 0.643. The number of hydrogen-bond donors (Lipinski definition) is 0. The zero-order valence-electron chi connectivity index (χ0n) is 10.7. The van der Waals surface area contributed by atoms with E-state index in [2.05, 4.69) is 42.9 Å². The Kier molecular flexibility index (Phi) is 3.59. The van der Waals surface area contributed by atoms with E-state index in [9.17, 15) is 0 Å². The molecule has 2 heterocycles. The lowest BCUT2D eigenvalue weighted by Gasteiger charge is -2.28. The Labute approximate surface area is 98.7 Å². The largest absolute Gasteiger partial charge is 0.306 e. The summed E-state index contributed by atoms with van der Waals surface area (Å²) in [5.74, 6) is 0.839. The van der Waals surface area contributed by atoms with Gasteiger partial charge in [0.05, 0.1) is 0 Å². The number of pyridine rings is 1. The minimum Gasteiger partial charge on any atom is -0.306 e. The molecule has 0 atom stereocenters. The van der Waals surface area contributed by atoms with Gasteiger partial charge in [-0.1, -0.05) is 6.07 Å². The number of likely N-dealkylation sites (tertiary alicyclic amines) is 1. The molecule has 0 unspecified atom stereocenters. The first-order valence-electron chi connectivity index (χ1n) is 6.27. The molecule has 0 aliphatic carbocycles. The number of rotatable bonds is 2. The van der Waals surface area contributed by atoms with Crippen LogP contribution in [0.5, 0.6) is 0 Å². The summed E-state index contributed by atoms with van der Waals surface area (Å²) in [6, 6.07) is 4.40. The van der Waals surface area contributed by atoms with Crippen molar-refractivity contribution in [3.8, 4) is 0 Å². The van der Waals surface area contributed by atoms with Crippen LogP contribution in [0, 0.1) is 19.8 Å². The van der Waals surface area contributed by atoms with Crippen LogP contribution in [0.15, 0.2) is 12.1 Å². The van der Waals surface area contributed by atoms with Crippen molar-refractivity contribution in [1.29, 1.82) is 0 Å². The third-order valence-corrected chi connectivity index (χ3v) is 3.74. The van der Waals surface area contributed by atoms with Crippen molar-refractivity contribution in [1.82, 2.24) is 9.88 Å². The lowest BCUT2D eigenvalue weighted by Crippen LogP contribution is -2.31. The van der Waals surface area contributed by atoms with Gasteiger partial charge in [0.25, 0.3) is 0 Å². The van der Waals surface area contributed by atoms with Crippen LogP contribution in [0.25, 0.3) is 0 Å². The molecule has 0 aromatic carbocycles. The first-order chi connectivity index (χ1) is 7.65. The molecule has 0 bridgehead atoms. The molecule has 0 radical (unpaired) electrons. The number of nitrogens with zero attached hydrogens (tertiary/aromatic N) is 2. The summed E-state index contributed by atoms with van der Waals surface area (Å²) in [7, 11) is 2.21. The Hall–Kier alpha value is -0.890. The first-order valence-corrected chi connectivity index (χ1v) is 6.27. The molecule has 2 nitrogen and oxygen atoms in total. The first kappa shape index (κ1) is 11.6. The number of aromatic nitrogens is 1. The van der Waals surface area contributed by atoms with Crippen LogP contribution in [0.3, 0.4) is 0 Å². The normalized spacial score (nSPS) is 18.9. The van der Waals surface area contributed by atoms with Crippen LogP contribution in [-0.2, 0) is 6.42 Å². The van der Waals surface area contributed by atoms with Gasteiger partial charge >= 0.3 is 0 Å². The molecule has 1 saturated heterocycles. The second-order valence-corrected chi connectivity index (χ2v) is 5.16. The fourth-order valence-electron chi connectivity index (χ4n) is 2.36. The predicted molar refractivity (Wildman–Crippen MR) is 67.6 cm³/mol. The van der Waals surface area contributed by atoms with Crippen molar-refractivity contribution < 1.29 is 0 Å². The Morgan fingerprint density at radius 1 is 1.25 bits per heavy atom. The maximum atomic E-state index is 4.67. The number of piperidine rings is 1. The van der Waals surface area contributed by atoms with Gasteiger partial charge in [0.15, 0.2) is 0 Å². The van der Waals surface area contributed by atoms with Crippen molar-refractivity contribution >= 4 is 0 Å². The second kappa shape index (κ2) is 4.96. The van der Waals surface area contributed by atoms with Gasteiger partial charge in [-0.2, -0.15) is 0 Å². The highest BCUT2D eigenvalue weighted by atomic mass is 15.1. The molecule has 0 saturated carbocycles. The molecule has 2 rings (SSSR count). The highest BCUT2D eigenvalue weighted by Gasteiger charge is 2.17. The molecule has 16 heavy (non-hydrogen) atoms. The average molecular weight is 218 g/mol. The molecule has 1 fully saturated rings. The molecular weight excluding hydrogens is 196 g/mol. The van der Waals surface area contributed by atoms with E-state index in [0.717, 1.165) is 12.3 Å². The maximum Gasteiger partial charge on any atom is 0.0409 e. The minimum absolute atomic E-state index is 0.839. The van der Waals surface area contributed by atoms with Gasteiger partial charge in [-0.15, -0.1) is 0 Å². The summed E-state index contributed by atoms with van der Waals surface area (Å²) >= 11 is 0. The zero-order chi connectivity index (χ0) is 11.5. The SMILES string of the molecule is Cc1ccc(CC2CCN(C)CC2)nc1C. The van der Waals surface area contributed by atoms with Gasteiger partial charge < -0.3 is 4.90 Å². The maximum absolute atomic E-state index is 4.67. The summed E-state index contributed by atoms with van der Waals surface area (Å²) in [4.78, 5) is 7.09. The van der Waals surface area contributed by atoms with Gasteiger partial charge in [0, 0.05) is 11.4 Å². The molecule has 2 heteroatoms. The molecule has 1 aromatic rings. The summed E-state index contributed by atoms with van der Waals surface area (Å²) in [5.41, 5.74) is 3.76. The van der Waals surface area contributed by atoms with E-state index in [1.54, 1.807) is 0 Å². The van der Waals surface area contributed by atoms with Crippen molar-refractivity contribution in [3.05, 3.63) is 29.1 Å². The van der Waals surface area contributed by atoms with Gasteiger partial charge in [0.1, 0.15) is 0 Å². The van der Waals surface area contributed by atoms with Crippen LogP contribution >= 0.6 is 0 Å². The van der Waals surface area contributed by atoms with Crippen LogP contribution in [0.4, 0.5) is 0 Å². The number of aryl methyl sites for hydroxylation is 2. The predicted octanol–water partition coefficient (Wildman–Crippen LogP) is 2.58. The minimum atomic E-state index is 0.839. The third-order valence-electron chi connectivity index (χ3n) is 3.74. The van der Waals surface area contributed by atoms with Gasteiger partial charge in [-0.3, -0.25) is 4.98 Å². The van der Waals surface area contributed by atoms with Crippen LogP contribution < -0.4 is 0 Å². The Balaban J connectivity index is 1.96. The van der Waals surface area contributed by atoms with Crippen molar-refractivity contribution in [2.75, 3.05) is 20.1 Å². The quantitative estimate of drug-likeness (QED) is 0.758. The fourth-order valence-corrected chi connectivity index (χ4v) is 2.36. The molecule has 0 N–H and O–H groups in total. The highest BCUT2D eigenvalue weighted by molar-refractivity contribution is 5.20. The summed E-state index contributed by atoms with van der Waals surface area (Å²) in [6.07, 6.45) is 3.81. The van der Waals surface area contributed by atoms with E-state index in [-0.39, 0.29) is 0 Å². The van der Waals surface area contributed by atoms with E-state index < -0.39 is 0 Å². The van der Waals surface area contributed by atoms with Gasteiger partial charge in [0.2, 0.25) is 0 Å². The van der Waals surface area contributed by atoms with E-state index in [0.29, 0.717) is 0 Å². The van der Waals surface area contributed by atoms with Gasteiger partial charge in [-0.25, -0.2) is 0 Å². The van der Waals surface area contributed by atoms with E-state index in [1.165, 1.54) is 42.9 Å². The van der Waals surface area contributed by atoms with Crippen LogP contribution in [0.1, 0.15) is 29.8 Å². The van der Waals surface area contributed by atoms with E-state index in [4.69, 9.17) is 0 Å². The highest BCUT2D eigenvalue weighted by Crippen LogP contribution is 2.20. The van der Waals surface area contributed by atoms with Gasteiger partial charge in [-0.05, 0) is 70.8 Å². The Morgan fingerprint density at radius 2 is 1.94 bits per heavy atom. The molecule has 0 amide bonds. The molecule has 0 spiro atoms. The molecule has 1 aromatic heterocycles. The Morgan fingerprint density at radius 3 is 2.56 bits per heavy atom. The summed E-state index contributed by atoms with van der Waals surface area (Å²) in [5, 5.41) is 0. The van der Waals surface area contributed by atoms with Crippen molar-refractivity contribution in [3.63, 3.8) is 0 Å². The zero-order valence-corrected chi connectivity index (χ0v) is 10.7. The topological polar surface area (TPSA) is 16.1 Å². The smallest absolute Gasteiger partial charge is 0.0409 e. The van der Waals surface area contributed by atoms with Crippen molar-refractivity contribution in [2.45, 2.75) is 33.1 Å². The molecule has 88 valence electrons. The summed E-state index contributed by atoms with van der Waals surface area (Å²) in [6.45, 7) is 6.72. The molecule has 1 aliphatic heterocycles. The summed E-state index contributed by atoms with van der Waals surface area (Å²) < 4.78 is 0. The molecular formula is C14H22N2. The van der Waals surface area contributed by atoms with E-state index >= 15 is 0 Å². The number of hydrogen-bond acceptors (Lipinski definition) is 2. The van der Waals surface area contributed by atoms with E-state index in [1.807, 2.05) is 0 Å². The lowest BCUT2D eigenvalue weighted by atomic mass is 9.92. The molecule has 1 aliphatic rings. The van der Waals surface area contributed by atoms with Crippen molar-refractivity contribution in [2.24, 2.45) is 5.92 Å². The Bertz CT molecular complexity index is 352.